The van der Waals surface area contributed by atoms with Gasteiger partial charge in [-0.1, -0.05) is 0 Å². The average molecular weight is 404 g/mol. The number of rotatable bonds is 7. The van der Waals surface area contributed by atoms with E-state index in [0.717, 1.165) is 24.5 Å². The van der Waals surface area contributed by atoms with E-state index in [1.807, 2.05) is 0 Å². The second-order valence-corrected chi connectivity index (χ2v) is 8.13. The van der Waals surface area contributed by atoms with Gasteiger partial charge >= 0.3 is 0 Å². The van der Waals surface area contributed by atoms with Crippen molar-refractivity contribution in [3.05, 3.63) is 58.1 Å². The van der Waals surface area contributed by atoms with E-state index in [9.17, 15) is 18.5 Å². The Morgan fingerprint density at radius 3 is 2.46 bits per heavy atom. The van der Waals surface area contributed by atoms with Gasteiger partial charge in [-0.05, 0) is 54.8 Å². The molecule has 0 radical (unpaired) electrons. The molecular formula is C18H20N4O5S. The molecule has 0 atom stereocenters. The molecule has 2 aromatic carbocycles. The molecule has 1 aliphatic rings. The zero-order valence-corrected chi connectivity index (χ0v) is 16.1. The highest BCUT2D eigenvalue weighted by Gasteiger charge is 2.29. The van der Waals surface area contributed by atoms with E-state index in [1.54, 1.807) is 31.4 Å². The molecule has 148 valence electrons. The summed E-state index contributed by atoms with van der Waals surface area (Å²) < 4.78 is 31.7. The zero-order valence-electron chi connectivity index (χ0n) is 15.2. The van der Waals surface area contributed by atoms with Crippen molar-refractivity contribution in [3.63, 3.8) is 0 Å². The molecule has 1 N–H and O–H groups in total. The number of methoxy groups -OCH3 is 1. The first-order chi connectivity index (χ1) is 13.4. The van der Waals surface area contributed by atoms with Crippen molar-refractivity contribution in [3.8, 4) is 5.75 Å². The van der Waals surface area contributed by atoms with E-state index < -0.39 is 14.9 Å². The normalized spacial score (nSPS) is 15.0. The second-order valence-electron chi connectivity index (χ2n) is 6.19. The summed E-state index contributed by atoms with van der Waals surface area (Å²) >= 11 is 0. The van der Waals surface area contributed by atoms with Crippen LogP contribution in [0.1, 0.15) is 18.4 Å². The predicted molar refractivity (Wildman–Crippen MR) is 105 cm³/mol. The molecule has 0 unspecified atom stereocenters. The lowest BCUT2D eigenvalue weighted by atomic mass is 10.2. The maximum absolute atomic E-state index is 12.6. The van der Waals surface area contributed by atoms with Crippen LogP contribution in [0, 0.1) is 10.1 Å². The van der Waals surface area contributed by atoms with Crippen molar-refractivity contribution in [2.24, 2.45) is 5.10 Å². The van der Waals surface area contributed by atoms with Crippen LogP contribution < -0.4 is 10.2 Å². The van der Waals surface area contributed by atoms with Crippen LogP contribution in [0.25, 0.3) is 0 Å². The molecule has 2 aromatic rings. The Hall–Kier alpha value is -2.98. The molecular weight excluding hydrogens is 384 g/mol. The highest BCUT2D eigenvalue weighted by Crippen LogP contribution is 2.30. The Balaban J connectivity index is 1.81. The molecule has 1 heterocycles. The molecule has 0 aliphatic carbocycles. The lowest BCUT2D eigenvalue weighted by Crippen LogP contribution is -2.27. The molecule has 0 saturated carbocycles. The van der Waals surface area contributed by atoms with Gasteiger partial charge in [-0.25, -0.2) is 8.42 Å². The summed E-state index contributed by atoms with van der Waals surface area (Å²) in [6, 6.07) is 10.9. The summed E-state index contributed by atoms with van der Waals surface area (Å²) in [5, 5.41) is 15.4. The van der Waals surface area contributed by atoms with Gasteiger partial charge in [0, 0.05) is 19.2 Å². The van der Waals surface area contributed by atoms with Gasteiger partial charge in [0.25, 0.3) is 5.69 Å². The van der Waals surface area contributed by atoms with Crippen molar-refractivity contribution in [2.45, 2.75) is 17.7 Å². The third kappa shape index (κ3) is 4.29. The largest absolute Gasteiger partial charge is 0.497 e. The topological polar surface area (TPSA) is 114 Å². The van der Waals surface area contributed by atoms with Gasteiger partial charge in [0.1, 0.15) is 11.4 Å². The maximum Gasteiger partial charge on any atom is 0.295 e. The van der Waals surface area contributed by atoms with Gasteiger partial charge in [0.15, 0.2) is 0 Å². The number of anilines is 1. The summed E-state index contributed by atoms with van der Waals surface area (Å²) in [7, 11) is -2.16. The van der Waals surface area contributed by atoms with Gasteiger partial charge < -0.3 is 4.74 Å². The zero-order chi connectivity index (χ0) is 20.1. The number of nitro benzene ring substituents is 1. The minimum Gasteiger partial charge on any atom is -0.497 e. The summed E-state index contributed by atoms with van der Waals surface area (Å²) in [5.74, 6) is 0.704. The van der Waals surface area contributed by atoms with Crippen molar-refractivity contribution >= 4 is 27.6 Å². The Kier molecular flexibility index (Phi) is 5.90. The standard InChI is InChI=1S/C18H20N4O5S/c1-27-15-6-4-14(5-7-15)13-19-20-17-9-8-16(12-18(17)22(23)24)28(25,26)21-10-2-3-11-21/h4-9,12-13,20H,2-3,10-11H2,1H3/b19-13-. The molecule has 3 rings (SSSR count). The Morgan fingerprint density at radius 2 is 1.86 bits per heavy atom. The molecule has 1 saturated heterocycles. The van der Waals surface area contributed by atoms with Crippen LogP contribution in [0.15, 0.2) is 52.5 Å². The van der Waals surface area contributed by atoms with E-state index in [4.69, 9.17) is 4.74 Å². The highest BCUT2D eigenvalue weighted by atomic mass is 32.2. The third-order valence-electron chi connectivity index (χ3n) is 4.38. The number of ether oxygens (including phenoxy) is 1. The Labute approximate surface area is 162 Å². The minimum absolute atomic E-state index is 0.0919. The summed E-state index contributed by atoms with van der Waals surface area (Å²) in [5.41, 5.74) is 3.13. The summed E-state index contributed by atoms with van der Waals surface area (Å²) in [4.78, 5) is 10.7. The van der Waals surface area contributed by atoms with Crippen molar-refractivity contribution in [1.82, 2.24) is 4.31 Å². The molecule has 10 heteroatoms. The van der Waals surface area contributed by atoms with Crippen molar-refractivity contribution in [1.29, 1.82) is 0 Å². The fourth-order valence-corrected chi connectivity index (χ4v) is 4.40. The fourth-order valence-electron chi connectivity index (χ4n) is 2.86. The number of nitro groups is 1. The lowest BCUT2D eigenvalue weighted by molar-refractivity contribution is -0.384. The Morgan fingerprint density at radius 1 is 1.18 bits per heavy atom. The first-order valence-electron chi connectivity index (χ1n) is 8.63. The first-order valence-corrected chi connectivity index (χ1v) is 10.1. The van der Waals surface area contributed by atoms with Crippen LogP contribution in [-0.4, -0.2) is 44.1 Å². The van der Waals surface area contributed by atoms with Crippen molar-refractivity contribution in [2.75, 3.05) is 25.6 Å². The minimum atomic E-state index is -3.73. The van der Waals surface area contributed by atoms with E-state index in [2.05, 4.69) is 10.5 Å². The van der Waals surface area contributed by atoms with Crippen LogP contribution in [0.2, 0.25) is 0 Å². The first kappa shape index (κ1) is 19.8. The maximum atomic E-state index is 12.6. The SMILES string of the molecule is COc1ccc(/C=N\Nc2ccc(S(=O)(=O)N3CCCC3)cc2[N+](=O)[O-])cc1. The van der Waals surface area contributed by atoms with Crippen LogP contribution >= 0.6 is 0 Å². The van der Waals surface area contributed by atoms with Crippen molar-refractivity contribution < 1.29 is 18.1 Å². The second kappa shape index (κ2) is 8.36. The average Bonchev–Trinajstić information content (AvgIpc) is 3.24. The van der Waals surface area contributed by atoms with Crippen LogP contribution in [0.3, 0.4) is 0 Å². The Bertz CT molecular complexity index is 984. The number of sulfonamides is 1. The molecule has 1 aliphatic heterocycles. The van der Waals surface area contributed by atoms with Gasteiger partial charge in [0.2, 0.25) is 10.0 Å². The lowest BCUT2D eigenvalue weighted by Gasteiger charge is -2.15. The van der Waals surface area contributed by atoms with Gasteiger partial charge in [-0.15, -0.1) is 0 Å². The van der Waals surface area contributed by atoms with Crippen LogP contribution in [-0.2, 0) is 10.0 Å². The molecule has 9 nitrogen and oxygen atoms in total. The molecule has 0 bridgehead atoms. The molecule has 28 heavy (non-hydrogen) atoms. The fraction of sp³-hybridized carbons (Fsp3) is 0.278. The van der Waals surface area contributed by atoms with Gasteiger partial charge in [-0.2, -0.15) is 9.41 Å². The third-order valence-corrected chi connectivity index (χ3v) is 6.28. The number of nitrogens with one attached hydrogen (secondary N) is 1. The summed E-state index contributed by atoms with van der Waals surface area (Å²) in [6.07, 6.45) is 3.08. The number of benzene rings is 2. The molecule has 1 fully saturated rings. The van der Waals surface area contributed by atoms with Gasteiger partial charge in [0.05, 0.1) is 23.1 Å². The molecule has 0 amide bonds. The van der Waals surface area contributed by atoms with E-state index >= 15 is 0 Å². The van der Waals surface area contributed by atoms with Gasteiger partial charge in [-0.3, -0.25) is 15.5 Å². The van der Waals surface area contributed by atoms with E-state index in [1.165, 1.54) is 22.7 Å². The molecule has 0 aromatic heterocycles. The highest BCUT2D eigenvalue weighted by molar-refractivity contribution is 7.89. The monoisotopic (exact) mass is 404 g/mol. The van der Waals surface area contributed by atoms with E-state index in [0.29, 0.717) is 18.8 Å². The van der Waals surface area contributed by atoms with Crippen LogP contribution in [0.5, 0.6) is 5.75 Å². The number of hydrogen-bond acceptors (Lipinski definition) is 7. The number of hydrazone groups is 1. The smallest absolute Gasteiger partial charge is 0.295 e. The number of hydrogen-bond donors (Lipinski definition) is 1. The molecule has 0 spiro atoms. The summed E-state index contributed by atoms with van der Waals surface area (Å²) in [6.45, 7) is 0.866. The number of nitrogens with zero attached hydrogens (tertiary/aromatic N) is 3. The quantitative estimate of drug-likeness (QED) is 0.431. The van der Waals surface area contributed by atoms with Crippen LogP contribution in [0.4, 0.5) is 11.4 Å². The van der Waals surface area contributed by atoms with E-state index in [-0.39, 0.29) is 16.3 Å². The predicted octanol–water partition coefficient (Wildman–Crippen LogP) is 2.83.